The predicted molar refractivity (Wildman–Crippen MR) is 150 cm³/mol. The van der Waals surface area contributed by atoms with Crippen molar-refractivity contribution < 1.29 is 22.5 Å². The van der Waals surface area contributed by atoms with Crippen LogP contribution < -0.4 is 14.8 Å². The molecule has 5 rings (SSSR count). The monoisotopic (exact) mass is 542 g/mol. The summed E-state index contributed by atoms with van der Waals surface area (Å²) in [5.41, 5.74) is 5.08. The second-order valence-electron chi connectivity index (χ2n) is 9.01. The van der Waals surface area contributed by atoms with Crippen LogP contribution in [0.25, 0.3) is 22.2 Å². The van der Waals surface area contributed by atoms with E-state index >= 15 is 0 Å². The van der Waals surface area contributed by atoms with Gasteiger partial charge in [-0.25, -0.2) is 18.1 Å². The molecule has 0 aliphatic carbocycles. The number of fused-ring (bicyclic) bond motifs is 1. The average molecular weight is 543 g/mol. The minimum atomic E-state index is -3.91. The van der Waals surface area contributed by atoms with Crippen LogP contribution in [0.1, 0.15) is 27.2 Å². The first-order chi connectivity index (χ1) is 18.7. The number of sulfonamides is 1. The Hall–Kier alpha value is -4.70. The summed E-state index contributed by atoms with van der Waals surface area (Å²) < 4.78 is 38.4. The second-order valence-corrected chi connectivity index (χ2v) is 10.7. The van der Waals surface area contributed by atoms with Crippen molar-refractivity contribution in [1.29, 1.82) is 0 Å². The Labute approximate surface area is 225 Å². The molecule has 0 bridgehead atoms. The van der Waals surface area contributed by atoms with E-state index in [0.29, 0.717) is 39.1 Å². The Bertz CT molecular complexity index is 1790. The van der Waals surface area contributed by atoms with Crippen LogP contribution in [0, 0.1) is 20.8 Å². The van der Waals surface area contributed by atoms with Crippen LogP contribution in [0.3, 0.4) is 0 Å². The third-order valence-electron chi connectivity index (χ3n) is 6.53. The number of benzene rings is 3. The lowest BCUT2D eigenvalue weighted by Crippen LogP contribution is -2.16. The number of pyridine rings is 1. The molecule has 198 valence electrons. The van der Waals surface area contributed by atoms with Gasteiger partial charge in [-0.15, -0.1) is 0 Å². The van der Waals surface area contributed by atoms with E-state index in [1.54, 1.807) is 21.0 Å². The van der Waals surface area contributed by atoms with Crippen molar-refractivity contribution in [2.75, 3.05) is 17.1 Å². The maximum absolute atomic E-state index is 13.6. The van der Waals surface area contributed by atoms with Crippen LogP contribution in [0.2, 0.25) is 0 Å². The molecule has 0 radical (unpaired) electrons. The number of amides is 1. The van der Waals surface area contributed by atoms with E-state index in [2.05, 4.69) is 15.2 Å². The van der Waals surface area contributed by atoms with Gasteiger partial charge in [0.25, 0.3) is 15.9 Å². The molecule has 0 atom stereocenters. The fraction of sp³-hybridized carbons (Fsp3) is 0.138. The van der Waals surface area contributed by atoms with Gasteiger partial charge in [-0.05, 0) is 80.9 Å². The van der Waals surface area contributed by atoms with Crippen molar-refractivity contribution >= 4 is 38.4 Å². The summed E-state index contributed by atoms with van der Waals surface area (Å²) in [5.74, 6) is 0.460. The van der Waals surface area contributed by atoms with Crippen molar-refractivity contribution in [3.05, 3.63) is 95.2 Å². The number of hydrogen-bond acceptors (Lipinski definition) is 7. The molecule has 2 N–H and O–H groups in total. The van der Waals surface area contributed by atoms with Crippen LogP contribution in [0.4, 0.5) is 11.6 Å². The molecule has 5 aromatic rings. The number of carbonyl (C=O) groups excluding carboxylic acids is 1. The number of ether oxygens (including phenoxy) is 1. The Morgan fingerprint density at radius 3 is 2.23 bits per heavy atom. The van der Waals surface area contributed by atoms with E-state index in [1.165, 1.54) is 24.3 Å². The van der Waals surface area contributed by atoms with E-state index in [9.17, 15) is 13.2 Å². The topological polar surface area (TPSA) is 123 Å². The molecule has 0 aliphatic heterocycles. The van der Waals surface area contributed by atoms with Gasteiger partial charge in [0.05, 0.1) is 34.5 Å². The fourth-order valence-electron chi connectivity index (χ4n) is 4.23. The number of aromatic nitrogens is 2. The third-order valence-corrected chi connectivity index (χ3v) is 7.88. The molecular formula is C29H26N4O5S. The average Bonchev–Trinajstić information content (AvgIpc) is 3.24. The standard InChI is InChI=1S/C29H26N4O5S/c1-17-19(3)32-38-29(17)33-39(35,36)23-15-11-21(12-16-23)30-28(34)26-18(2)27(20-9-13-22(37-4)14-10-20)31-25-8-6-5-7-24(25)26/h5-16,33H,1-4H3,(H,30,34). The summed E-state index contributed by atoms with van der Waals surface area (Å²) in [6.07, 6.45) is 0. The van der Waals surface area contributed by atoms with Crippen molar-refractivity contribution in [2.45, 2.75) is 25.7 Å². The number of carbonyl (C=O) groups is 1. The van der Waals surface area contributed by atoms with Crippen LogP contribution in [-0.4, -0.2) is 31.6 Å². The van der Waals surface area contributed by atoms with E-state index in [4.69, 9.17) is 14.2 Å². The van der Waals surface area contributed by atoms with Gasteiger partial charge in [-0.2, -0.15) is 0 Å². The van der Waals surface area contributed by atoms with Gasteiger partial charge in [0.2, 0.25) is 5.88 Å². The number of para-hydroxylation sites is 1. The highest BCUT2D eigenvalue weighted by Crippen LogP contribution is 2.31. The molecule has 0 spiro atoms. The van der Waals surface area contributed by atoms with Gasteiger partial charge in [0.1, 0.15) is 5.75 Å². The zero-order valence-corrected chi connectivity index (χ0v) is 22.6. The molecule has 0 aliphatic rings. The number of rotatable bonds is 7. The van der Waals surface area contributed by atoms with E-state index in [0.717, 1.165) is 16.9 Å². The van der Waals surface area contributed by atoms with Crippen molar-refractivity contribution in [3.63, 3.8) is 0 Å². The van der Waals surface area contributed by atoms with Crippen LogP contribution in [0.5, 0.6) is 5.75 Å². The lowest BCUT2D eigenvalue weighted by Gasteiger charge is -2.15. The SMILES string of the molecule is COc1ccc(-c2nc3ccccc3c(C(=O)Nc3ccc(S(=O)(=O)Nc4onc(C)c4C)cc3)c2C)cc1. The number of methoxy groups -OCH3 is 1. The largest absolute Gasteiger partial charge is 0.497 e. The van der Waals surface area contributed by atoms with Gasteiger partial charge in [-0.1, -0.05) is 23.4 Å². The molecule has 0 unspecified atom stereocenters. The number of aryl methyl sites for hydroxylation is 1. The Morgan fingerprint density at radius 1 is 0.897 bits per heavy atom. The summed E-state index contributed by atoms with van der Waals surface area (Å²) in [6.45, 7) is 5.30. The normalized spacial score (nSPS) is 11.4. The van der Waals surface area contributed by atoms with E-state index in [-0.39, 0.29) is 16.7 Å². The van der Waals surface area contributed by atoms with Crippen molar-refractivity contribution in [1.82, 2.24) is 10.1 Å². The molecule has 1 amide bonds. The molecule has 2 aromatic heterocycles. The first-order valence-corrected chi connectivity index (χ1v) is 13.6. The molecule has 0 saturated carbocycles. The maximum Gasteiger partial charge on any atom is 0.264 e. The van der Waals surface area contributed by atoms with Gasteiger partial charge in [0, 0.05) is 22.2 Å². The Kier molecular flexibility index (Phi) is 6.80. The molecule has 9 nitrogen and oxygen atoms in total. The highest BCUT2D eigenvalue weighted by Gasteiger charge is 2.21. The summed E-state index contributed by atoms with van der Waals surface area (Å²) in [6, 6.07) is 20.9. The zero-order valence-electron chi connectivity index (χ0n) is 21.8. The van der Waals surface area contributed by atoms with Gasteiger partial charge in [0.15, 0.2) is 0 Å². The van der Waals surface area contributed by atoms with Crippen LogP contribution >= 0.6 is 0 Å². The zero-order chi connectivity index (χ0) is 27.7. The molecule has 10 heteroatoms. The lowest BCUT2D eigenvalue weighted by molar-refractivity contribution is 0.102. The molecule has 0 saturated heterocycles. The molecular weight excluding hydrogens is 516 g/mol. The predicted octanol–water partition coefficient (Wildman–Crippen LogP) is 5.88. The Balaban J connectivity index is 1.45. The van der Waals surface area contributed by atoms with Crippen LogP contribution in [-0.2, 0) is 10.0 Å². The first kappa shape index (κ1) is 25.9. The quantitative estimate of drug-likeness (QED) is 0.263. The van der Waals surface area contributed by atoms with Gasteiger partial charge >= 0.3 is 0 Å². The highest BCUT2D eigenvalue weighted by molar-refractivity contribution is 7.92. The summed E-state index contributed by atoms with van der Waals surface area (Å²) >= 11 is 0. The van der Waals surface area contributed by atoms with Gasteiger partial charge < -0.3 is 14.6 Å². The van der Waals surface area contributed by atoms with Gasteiger partial charge in [-0.3, -0.25) is 4.79 Å². The molecule has 2 heterocycles. The van der Waals surface area contributed by atoms with Crippen molar-refractivity contribution in [3.8, 4) is 17.0 Å². The second kappa shape index (κ2) is 10.2. The summed E-state index contributed by atoms with van der Waals surface area (Å²) in [5, 5.41) is 7.38. The number of anilines is 2. The Morgan fingerprint density at radius 2 is 1.59 bits per heavy atom. The summed E-state index contributed by atoms with van der Waals surface area (Å²) in [4.78, 5) is 18.4. The minimum absolute atomic E-state index is 0.0151. The summed E-state index contributed by atoms with van der Waals surface area (Å²) in [7, 11) is -2.31. The van der Waals surface area contributed by atoms with Crippen molar-refractivity contribution in [2.24, 2.45) is 0 Å². The molecule has 39 heavy (non-hydrogen) atoms. The molecule has 3 aromatic carbocycles. The first-order valence-electron chi connectivity index (χ1n) is 12.1. The molecule has 0 fully saturated rings. The van der Waals surface area contributed by atoms with Crippen LogP contribution in [0.15, 0.2) is 82.2 Å². The number of nitrogens with zero attached hydrogens (tertiary/aromatic N) is 2. The minimum Gasteiger partial charge on any atom is -0.497 e. The lowest BCUT2D eigenvalue weighted by atomic mass is 9.97. The highest BCUT2D eigenvalue weighted by atomic mass is 32.2. The third kappa shape index (κ3) is 5.06. The fourth-order valence-corrected chi connectivity index (χ4v) is 5.28. The smallest absolute Gasteiger partial charge is 0.264 e. The van der Waals surface area contributed by atoms with E-state index < -0.39 is 10.0 Å². The van der Waals surface area contributed by atoms with E-state index in [1.807, 2.05) is 55.5 Å². The maximum atomic E-state index is 13.6. The number of nitrogens with one attached hydrogen (secondary N) is 2. The number of hydrogen-bond donors (Lipinski definition) is 2.